The van der Waals surface area contributed by atoms with Gasteiger partial charge in [0.05, 0.1) is 7.11 Å². The minimum absolute atomic E-state index is 0.0448. The molecule has 1 unspecified atom stereocenters. The molecule has 1 rings (SSSR count). The molecule has 0 amide bonds. The molecule has 0 spiro atoms. The van der Waals surface area contributed by atoms with Crippen molar-refractivity contribution >= 4 is 0 Å². The molecular formula is C13H19NO. The molecule has 0 aliphatic carbocycles. The first kappa shape index (κ1) is 11.8. The van der Waals surface area contributed by atoms with Crippen LogP contribution in [-0.2, 0) is 0 Å². The SMILES string of the molecule is C=C(CC)CC(N)c1ccc(OC)cc1. The Morgan fingerprint density at radius 1 is 1.40 bits per heavy atom. The fourth-order valence-electron chi connectivity index (χ4n) is 1.42. The Kier molecular flexibility index (Phi) is 4.37. The summed E-state index contributed by atoms with van der Waals surface area (Å²) < 4.78 is 5.09. The zero-order valence-electron chi connectivity index (χ0n) is 9.49. The summed E-state index contributed by atoms with van der Waals surface area (Å²) >= 11 is 0. The molecule has 2 nitrogen and oxygen atoms in total. The molecule has 0 aliphatic heterocycles. The highest BCUT2D eigenvalue weighted by Gasteiger charge is 2.06. The first-order valence-corrected chi connectivity index (χ1v) is 5.23. The van der Waals surface area contributed by atoms with Gasteiger partial charge in [0, 0.05) is 6.04 Å². The van der Waals surface area contributed by atoms with Crippen LogP contribution in [0.4, 0.5) is 0 Å². The predicted octanol–water partition coefficient (Wildman–Crippen LogP) is 3.05. The normalized spacial score (nSPS) is 12.2. The summed E-state index contributed by atoms with van der Waals surface area (Å²) in [6.45, 7) is 6.07. The van der Waals surface area contributed by atoms with E-state index in [0.717, 1.165) is 24.2 Å². The van der Waals surface area contributed by atoms with Crippen LogP contribution in [0.3, 0.4) is 0 Å². The zero-order chi connectivity index (χ0) is 11.3. The highest BCUT2D eigenvalue weighted by atomic mass is 16.5. The van der Waals surface area contributed by atoms with Crippen molar-refractivity contribution in [1.29, 1.82) is 0 Å². The molecule has 0 aromatic heterocycles. The van der Waals surface area contributed by atoms with E-state index in [4.69, 9.17) is 10.5 Å². The van der Waals surface area contributed by atoms with Crippen LogP contribution in [0.1, 0.15) is 31.4 Å². The minimum atomic E-state index is 0.0448. The number of hydrogen-bond donors (Lipinski definition) is 1. The lowest BCUT2D eigenvalue weighted by Crippen LogP contribution is -2.10. The van der Waals surface area contributed by atoms with Crippen molar-refractivity contribution < 1.29 is 4.74 Å². The second-order valence-corrected chi connectivity index (χ2v) is 3.69. The summed E-state index contributed by atoms with van der Waals surface area (Å²) in [5.41, 5.74) is 8.38. The van der Waals surface area contributed by atoms with E-state index in [1.807, 2.05) is 24.3 Å². The first-order valence-electron chi connectivity index (χ1n) is 5.23. The Labute approximate surface area is 91.7 Å². The molecule has 0 fully saturated rings. The number of ether oxygens (including phenoxy) is 1. The average molecular weight is 205 g/mol. The summed E-state index contributed by atoms with van der Waals surface area (Å²) in [4.78, 5) is 0. The lowest BCUT2D eigenvalue weighted by atomic mass is 9.99. The van der Waals surface area contributed by atoms with E-state index < -0.39 is 0 Å². The second-order valence-electron chi connectivity index (χ2n) is 3.69. The molecule has 2 heteroatoms. The molecule has 82 valence electrons. The Morgan fingerprint density at radius 2 is 2.00 bits per heavy atom. The highest BCUT2D eigenvalue weighted by molar-refractivity contribution is 5.29. The van der Waals surface area contributed by atoms with Gasteiger partial charge in [-0.05, 0) is 30.5 Å². The highest BCUT2D eigenvalue weighted by Crippen LogP contribution is 2.21. The van der Waals surface area contributed by atoms with Gasteiger partial charge in [-0.15, -0.1) is 0 Å². The van der Waals surface area contributed by atoms with Gasteiger partial charge in [0.2, 0.25) is 0 Å². The van der Waals surface area contributed by atoms with E-state index >= 15 is 0 Å². The monoisotopic (exact) mass is 205 g/mol. The Balaban J connectivity index is 2.65. The zero-order valence-corrected chi connectivity index (χ0v) is 9.49. The van der Waals surface area contributed by atoms with Crippen molar-refractivity contribution in [1.82, 2.24) is 0 Å². The van der Waals surface area contributed by atoms with E-state index in [-0.39, 0.29) is 6.04 Å². The number of benzene rings is 1. The number of nitrogens with two attached hydrogens (primary N) is 1. The maximum absolute atomic E-state index is 6.06. The largest absolute Gasteiger partial charge is 0.497 e. The molecule has 1 aromatic rings. The molecule has 15 heavy (non-hydrogen) atoms. The molecular weight excluding hydrogens is 186 g/mol. The van der Waals surface area contributed by atoms with Crippen molar-refractivity contribution in [2.75, 3.05) is 7.11 Å². The van der Waals surface area contributed by atoms with Crippen molar-refractivity contribution in [2.45, 2.75) is 25.8 Å². The lowest BCUT2D eigenvalue weighted by Gasteiger charge is -2.13. The van der Waals surface area contributed by atoms with Crippen molar-refractivity contribution in [3.63, 3.8) is 0 Å². The molecule has 1 atom stereocenters. The third kappa shape index (κ3) is 3.40. The van der Waals surface area contributed by atoms with Crippen molar-refractivity contribution in [2.24, 2.45) is 5.73 Å². The molecule has 0 saturated carbocycles. The summed E-state index contributed by atoms with van der Waals surface area (Å²) in [5.74, 6) is 0.861. The van der Waals surface area contributed by atoms with Crippen LogP contribution in [-0.4, -0.2) is 7.11 Å². The van der Waals surface area contributed by atoms with Crippen molar-refractivity contribution in [3.8, 4) is 5.75 Å². The molecule has 1 aromatic carbocycles. The van der Waals surface area contributed by atoms with Gasteiger partial charge in [0.1, 0.15) is 5.75 Å². The van der Waals surface area contributed by atoms with Crippen LogP contribution >= 0.6 is 0 Å². The van der Waals surface area contributed by atoms with Gasteiger partial charge in [0.25, 0.3) is 0 Å². The summed E-state index contributed by atoms with van der Waals surface area (Å²) in [6, 6.07) is 7.93. The Bertz CT molecular complexity index is 316. The van der Waals surface area contributed by atoms with Gasteiger partial charge in [-0.25, -0.2) is 0 Å². The number of hydrogen-bond acceptors (Lipinski definition) is 2. The fourth-order valence-corrected chi connectivity index (χ4v) is 1.42. The van der Waals surface area contributed by atoms with E-state index in [1.54, 1.807) is 7.11 Å². The van der Waals surface area contributed by atoms with E-state index in [1.165, 1.54) is 5.57 Å². The molecule has 0 saturated heterocycles. The van der Waals surface area contributed by atoms with Gasteiger partial charge in [-0.1, -0.05) is 31.2 Å². The smallest absolute Gasteiger partial charge is 0.118 e. The minimum Gasteiger partial charge on any atom is -0.497 e. The van der Waals surface area contributed by atoms with Gasteiger partial charge < -0.3 is 10.5 Å². The Hall–Kier alpha value is -1.28. The second kappa shape index (κ2) is 5.56. The molecule has 2 N–H and O–H groups in total. The van der Waals surface area contributed by atoms with E-state index in [0.29, 0.717) is 0 Å². The standard InChI is InChI=1S/C13H19NO/c1-4-10(2)9-13(14)11-5-7-12(15-3)8-6-11/h5-8,13H,2,4,9,14H2,1,3H3. The first-order chi connectivity index (χ1) is 7.17. The summed E-state index contributed by atoms with van der Waals surface area (Å²) in [5, 5.41) is 0. The van der Waals surface area contributed by atoms with Gasteiger partial charge >= 0.3 is 0 Å². The third-order valence-corrected chi connectivity index (χ3v) is 2.55. The van der Waals surface area contributed by atoms with Crippen molar-refractivity contribution in [3.05, 3.63) is 42.0 Å². The average Bonchev–Trinajstić information content (AvgIpc) is 2.29. The maximum Gasteiger partial charge on any atom is 0.118 e. The van der Waals surface area contributed by atoms with Crippen LogP contribution in [0.5, 0.6) is 5.75 Å². The van der Waals surface area contributed by atoms with Crippen LogP contribution in [0.25, 0.3) is 0 Å². The fraction of sp³-hybridized carbons (Fsp3) is 0.385. The summed E-state index contributed by atoms with van der Waals surface area (Å²) in [6.07, 6.45) is 1.84. The maximum atomic E-state index is 6.06. The molecule has 0 aliphatic rings. The van der Waals surface area contributed by atoms with Crippen LogP contribution in [0.2, 0.25) is 0 Å². The number of rotatable bonds is 5. The quantitative estimate of drug-likeness (QED) is 0.750. The lowest BCUT2D eigenvalue weighted by molar-refractivity contribution is 0.414. The molecule has 0 bridgehead atoms. The molecule has 0 heterocycles. The van der Waals surface area contributed by atoms with Crippen LogP contribution in [0.15, 0.2) is 36.4 Å². The van der Waals surface area contributed by atoms with Gasteiger partial charge in [0.15, 0.2) is 0 Å². The van der Waals surface area contributed by atoms with Crippen LogP contribution in [0, 0.1) is 0 Å². The number of methoxy groups -OCH3 is 1. The predicted molar refractivity (Wildman–Crippen MR) is 64.0 cm³/mol. The van der Waals surface area contributed by atoms with Gasteiger partial charge in [-0.3, -0.25) is 0 Å². The van der Waals surface area contributed by atoms with Gasteiger partial charge in [-0.2, -0.15) is 0 Å². The van der Waals surface area contributed by atoms with E-state index in [2.05, 4.69) is 13.5 Å². The van der Waals surface area contributed by atoms with E-state index in [9.17, 15) is 0 Å². The Morgan fingerprint density at radius 3 is 2.47 bits per heavy atom. The topological polar surface area (TPSA) is 35.2 Å². The van der Waals surface area contributed by atoms with Crippen LogP contribution < -0.4 is 10.5 Å². The summed E-state index contributed by atoms with van der Waals surface area (Å²) in [7, 11) is 1.66. The third-order valence-electron chi connectivity index (χ3n) is 2.55. The molecule has 0 radical (unpaired) electrons.